The molecule has 0 heterocycles. The van der Waals surface area contributed by atoms with Crippen molar-refractivity contribution in [2.24, 2.45) is 34.4 Å². The van der Waals surface area contributed by atoms with Gasteiger partial charge in [0, 0.05) is 39.3 Å². The normalized spacial score (nSPS) is 11.2. The first-order valence-electron chi connectivity index (χ1n) is 14.7. The van der Waals surface area contributed by atoms with Crippen LogP contribution in [0.4, 0.5) is 0 Å². The largest absolute Gasteiger partial charge is 0.488 e. The Balaban J connectivity index is 2.23. The van der Waals surface area contributed by atoms with Gasteiger partial charge in [0.05, 0.1) is 6.42 Å². The van der Waals surface area contributed by atoms with Crippen molar-refractivity contribution >= 4 is 23.7 Å². The first kappa shape index (κ1) is 37.0. The summed E-state index contributed by atoms with van der Waals surface area (Å²) in [5.74, 6) is 1.39. The molecule has 0 radical (unpaired) electrons. The number of hydrogen-bond donors (Lipinski definition) is 6. The quantitative estimate of drug-likeness (QED) is 0.0659. The molecule has 2 rings (SSSR count). The third-order valence-electron chi connectivity index (χ3n) is 5.59. The first-order valence-corrected chi connectivity index (χ1v) is 14.7. The molecular formula is C31H46N6O8. The number of benzene rings is 2. The fourth-order valence-electron chi connectivity index (χ4n) is 3.77. The van der Waals surface area contributed by atoms with Gasteiger partial charge in [-0.25, -0.2) is 0 Å². The molecule has 45 heavy (non-hydrogen) atoms. The molecular weight excluding hydrogens is 584 g/mol. The van der Waals surface area contributed by atoms with Gasteiger partial charge in [-0.05, 0) is 47.5 Å². The highest BCUT2D eigenvalue weighted by Gasteiger charge is 2.17. The van der Waals surface area contributed by atoms with Crippen LogP contribution in [0.5, 0.6) is 34.5 Å². The summed E-state index contributed by atoms with van der Waals surface area (Å²) in [5.41, 5.74) is 34.8. The van der Waals surface area contributed by atoms with Crippen molar-refractivity contribution < 1.29 is 38.0 Å². The Labute approximate surface area is 263 Å². The van der Waals surface area contributed by atoms with Gasteiger partial charge in [-0.2, -0.15) is 0 Å². The van der Waals surface area contributed by atoms with E-state index in [1.165, 1.54) is 12.2 Å². The average Bonchev–Trinajstić information content (AvgIpc) is 3.04. The zero-order valence-corrected chi connectivity index (χ0v) is 25.5. The van der Waals surface area contributed by atoms with E-state index in [-0.39, 0.29) is 85.3 Å². The minimum absolute atomic E-state index is 0.229. The molecule has 14 nitrogen and oxygen atoms in total. The molecule has 0 saturated heterocycles. The third-order valence-corrected chi connectivity index (χ3v) is 5.59. The Morgan fingerprint density at radius 3 is 1.00 bits per heavy atom. The molecule has 0 amide bonds. The van der Waals surface area contributed by atoms with Crippen molar-refractivity contribution in [1.82, 2.24) is 0 Å². The van der Waals surface area contributed by atoms with E-state index in [9.17, 15) is 9.59 Å². The number of ketones is 2. The smallest absolute Gasteiger partial charge is 0.203 e. The second-order valence-corrected chi connectivity index (χ2v) is 9.29. The monoisotopic (exact) mass is 630 g/mol. The predicted molar refractivity (Wildman–Crippen MR) is 173 cm³/mol. The van der Waals surface area contributed by atoms with E-state index >= 15 is 0 Å². The summed E-state index contributed by atoms with van der Waals surface area (Å²) in [6.07, 6.45) is 5.37. The number of nitrogens with two attached hydrogens (primary N) is 6. The summed E-state index contributed by atoms with van der Waals surface area (Å²) in [4.78, 5) is 25.4. The van der Waals surface area contributed by atoms with Crippen molar-refractivity contribution in [2.75, 3.05) is 78.9 Å². The maximum Gasteiger partial charge on any atom is 0.203 e. The Bertz CT molecular complexity index is 1120. The minimum atomic E-state index is -0.411. The third kappa shape index (κ3) is 13.1. The molecule has 0 aliphatic carbocycles. The Morgan fingerprint density at radius 1 is 0.467 bits per heavy atom. The van der Waals surface area contributed by atoms with Crippen LogP contribution in [0.3, 0.4) is 0 Å². The van der Waals surface area contributed by atoms with E-state index in [4.69, 9.17) is 62.8 Å². The van der Waals surface area contributed by atoms with Gasteiger partial charge in [0.1, 0.15) is 39.6 Å². The van der Waals surface area contributed by atoms with E-state index in [1.54, 1.807) is 36.4 Å². The number of rotatable bonds is 24. The molecule has 0 aliphatic rings. The highest BCUT2D eigenvalue weighted by atomic mass is 16.5. The van der Waals surface area contributed by atoms with E-state index in [0.717, 1.165) is 0 Å². The van der Waals surface area contributed by atoms with Gasteiger partial charge in [0.2, 0.25) is 11.5 Å². The van der Waals surface area contributed by atoms with Crippen molar-refractivity contribution in [2.45, 2.75) is 6.42 Å². The van der Waals surface area contributed by atoms with Crippen LogP contribution in [0.15, 0.2) is 36.4 Å². The second kappa shape index (κ2) is 21.5. The van der Waals surface area contributed by atoms with Crippen LogP contribution >= 0.6 is 0 Å². The lowest BCUT2D eigenvalue weighted by atomic mass is 10.1. The van der Waals surface area contributed by atoms with Gasteiger partial charge in [-0.1, -0.05) is 12.2 Å². The summed E-state index contributed by atoms with van der Waals surface area (Å²) >= 11 is 0. The Kier molecular flexibility index (Phi) is 17.7. The lowest BCUT2D eigenvalue weighted by Gasteiger charge is -2.17. The fourth-order valence-corrected chi connectivity index (χ4v) is 3.77. The number of ether oxygens (including phenoxy) is 6. The number of carbonyl (C=O) groups is 2. The van der Waals surface area contributed by atoms with Crippen LogP contribution in [0, 0.1) is 0 Å². The molecule has 0 fully saturated rings. The topological polar surface area (TPSA) is 246 Å². The van der Waals surface area contributed by atoms with Gasteiger partial charge in [0.25, 0.3) is 0 Å². The predicted octanol–water partition coefficient (Wildman–Crippen LogP) is -0.0335. The molecule has 248 valence electrons. The number of hydrogen-bond acceptors (Lipinski definition) is 14. The second-order valence-electron chi connectivity index (χ2n) is 9.29. The van der Waals surface area contributed by atoms with E-state index in [2.05, 4.69) is 0 Å². The molecule has 0 bridgehead atoms. The van der Waals surface area contributed by atoms with Crippen molar-refractivity contribution in [3.05, 3.63) is 47.5 Å². The summed E-state index contributed by atoms with van der Waals surface area (Å²) < 4.78 is 34.5. The molecule has 0 unspecified atom stereocenters. The van der Waals surface area contributed by atoms with Gasteiger partial charge < -0.3 is 62.8 Å². The lowest BCUT2D eigenvalue weighted by Crippen LogP contribution is -2.16. The Morgan fingerprint density at radius 2 is 0.733 bits per heavy atom. The molecule has 14 heteroatoms. The molecule has 0 atom stereocenters. The summed E-state index contributed by atoms with van der Waals surface area (Å²) in [6.45, 7) is 3.06. The van der Waals surface area contributed by atoms with Crippen LogP contribution in [-0.4, -0.2) is 90.5 Å². The van der Waals surface area contributed by atoms with Crippen molar-refractivity contribution in [1.29, 1.82) is 0 Å². The number of carbonyl (C=O) groups excluding carboxylic acids is 2. The molecule has 0 spiro atoms. The maximum absolute atomic E-state index is 12.7. The van der Waals surface area contributed by atoms with Gasteiger partial charge in [-0.3, -0.25) is 9.59 Å². The zero-order valence-electron chi connectivity index (χ0n) is 25.5. The Hall–Kier alpha value is -4.18. The lowest BCUT2D eigenvalue weighted by molar-refractivity contribution is -0.121. The summed E-state index contributed by atoms with van der Waals surface area (Å²) in [7, 11) is 0. The van der Waals surface area contributed by atoms with Crippen LogP contribution < -0.4 is 62.8 Å². The van der Waals surface area contributed by atoms with Gasteiger partial charge in [0.15, 0.2) is 34.6 Å². The fraction of sp³-hybridized carbons (Fsp3) is 0.419. The highest BCUT2D eigenvalue weighted by Crippen LogP contribution is 2.40. The molecule has 0 saturated carbocycles. The average molecular weight is 631 g/mol. The molecule has 0 aliphatic heterocycles. The SMILES string of the molecule is NCCOc1cc(/C=C/C(=O)CC(=O)/C=C/c2cc(OCCN)c(OCCN)c(OCCN)c2)cc(OCCN)c1OCCN. The molecule has 12 N–H and O–H groups in total. The van der Waals surface area contributed by atoms with Crippen LogP contribution in [-0.2, 0) is 9.59 Å². The van der Waals surface area contributed by atoms with Crippen LogP contribution in [0.25, 0.3) is 12.2 Å². The standard InChI is InChI=1S/C31H46N6O8/c32-5-11-40-26-17-22(18-27(41-12-6-33)30(26)44-15-9-36)1-3-24(38)21-25(39)4-2-23-19-28(42-13-7-34)31(45-16-10-37)29(20-23)43-14-8-35/h1-4,17-20H,5-16,21,32-37H2/b3-1+,4-2+. The summed E-state index contributed by atoms with van der Waals surface area (Å²) in [6, 6.07) is 6.71. The van der Waals surface area contributed by atoms with Gasteiger partial charge >= 0.3 is 0 Å². The zero-order chi connectivity index (χ0) is 32.9. The van der Waals surface area contributed by atoms with E-state index in [0.29, 0.717) is 45.6 Å². The van der Waals surface area contributed by atoms with Crippen LogP contribution in [0.1, 0.15) is 17.5 Å². The molecule has 0 aromatic heterocycles. The van der Waals surface area contributed by atoms with Crippen molar-refractivity contribution in [3.8, 4) is 34.5 Å². The van der Waals surface area contributed by atoms with Crippen molar-refractivity contribution in [3.63, 3.8) is 0 Å². The highest BCUT2D eigenvalue weighted by molar-refractivity contribution is 6.11. The number of allylic oxidation sites excluding steroid dienone is 2. The first-order chi connectivity index (χ1) is 21.9. The molecule has 2 aromatic carbocycles. The molecule has 2 aromatic rings. The van der Waals surface area contributed by atoms with Crippen LogP contribution in [0.2, 0.25) is 0 Å². The van der Waals surface area contributed by atoms with Gasteiger partial charge in [-0.15, -0.1) is 0 Å². The summed E-state index contributed by atoms with van der Waals surface area (Å²) in [5, 5.41) is 0. The maximum atomic E-state index is 12.7. The van der Waals surface area contributed by atoms with E-state index in [1.807, 2.05) is 0 Å². The minimum Gasteiger partial charge on any atom is -0.488 e. The van der Waals surface area contributed by atoms with E-state index < -0.39 is 11.6 Å².